The monoisotopic (exact) mass is 390 g/mol. The summed E-state index contributed by atoms with van der Waals surface area (Å²) in [7, 11) is 0. The summed E-state index contributed by atoms with van der Waals surface area (Å²) in [6.07, 6.45) is 10.2. The van der Waals surface area contributed by atoms with Gasteiger partial charge in [-0.25, -0.2) is 0 Å². The molecule has 0 nitrogen and oxygen atoms in total. The van der Waals surface area contributed by atoms with Crippen LogP contribution in [0.5, 0.6) is 0 Å². The van der Waals surface area contributed by atoms with Crippen molar-refractivity contribution in [2.24, 2.45) is 5.92 Å². The van der Waals surface area contributed by atoms with E-state index in [1.54, 1.807) is 11.1 Å². The third-order valence-corrected chi connectivity index (χ3v) is 7.38. The molecule has 3 aromatic rings. The highest BCUT2D eigenvalue weighted by Gasteiger charge is 2.32. The Morgan fingerprint density at radius 2 is 1.40 bits per heavy atom. The molecule has 0 heterocycles. The molecule has 0 saturated carbocycles. The van der Waals surface area contributed by atoms with Crippen LogP contribution in [0.2, 0.25) is 0 Å². The maximum Gasteiger partial charge on any atom is 0.0195 e. The van der Waals surface area contributed by atoms with Crippen LogP contribution in [-0.2, 0) is 6.42 Å². The lowest BCUT2D eigenvalue weighted by atomic mass is 9.74. The van der Waals surface area contributed by atoms with Crippen LogP contribution in [0, 0.1) is 40.5 Å². The summed E-state index contributed by atoms with van der Waals surface area (Å²) >= 11 is 0. The Labute approximate surface area is 181 Å². The van der Waals surface area contributed by atoms with Gasteiger partial charge in [0.2, 0.25) is 0 Å². The number of rotatable bonds is 3. The van der Waals surface area contributed by atoms with E-state index in [4.69, 9.17) is 0 Å². The van der Waals surface area contributed by atoms with Crippen LogP contribution in [0.3, 0.4) is 0 Å². The number of allylic oxidation sites excluding steroid dienone is 4. The molecule has 0 amide bonds. The second-order valence-electron chi connectivity index (χ2n) is 9.21. The molecular weight excluding hydrogens is 360 g/mol. The van der Waals surface area contributed by atoms with Crippen LogP contribution in [0.15, 0.2) is 66.8 Å². The fourth-order valence-corrected chi connectivity index (χ4v) is 5.47. The topological polar surface area (TPSA) is 0 Å². The molecule has 30 heavy (non-hydrogen) atoms. The lowest BCUT2D eigenvalue weighted by molar-refractivity contribution is 0.678. The fraction of sp³-hybridized carbons (Fsp3) is 0.267. The molecule has 1 atom stereocenters. The van der Waals surface area contributed by atoms with E-state index in [0.29, 0.717) is 11.8 Å². The van der Waals surface area contributed by atoms with Gasteiger partial charge < -0.3 is 0 Å². The zero-order valence-corrected chi connectivity index (χ0v) is 18.7. The van der Waals surface area contributed by atoms with Crippen molar-refractivity contribution in [3.05, 3.63) is 117 Å². The number of hydrogen-bond donors (Lipinski definition) is 0. The first-order valence-electron chi connectivity index (χ1n) is 11.1. The van der Waals surface area contributed by atoms with E-state index in [0.717, 1.165) is 6.42 Å². The molecule has 5 rings (SSSR count). The zero-order chi connectivity index (χ0) is 21.0. The molecule has 150 valence electrons. The lowest BCUT2D eigenvalue weighted by Crippen LogP contribution is -2.15. The Balaban J connectivity index is 1.79. The molecule has 0 fully saturated rings. The largest absolute Gasteiger partial charge is 0.0767 e. The molecule has 0 N–H and O–H groups in total. The first kappa shape index (κ1) is 19.1. The maximum absolute atomic E-state index is 2.43. The van der Waals surface area contributed by atoms with Gasteiger partial charge in [0, 0.05) is 11.8 Å². The van der Waals surface area contributed by atoms with E-state index in [1.807, 2.05) is 0 Å². The number of benzene rings is 3. The molecule has 0 aromatic heterocycles. The van der Waals surface area contributed by atoms with Crippen molar-refractivity contribution in [1.29, 1.82) is 0 Å². The molecule has 0 heteroatoms. The van der Waals surface area contributed by atoms with Gasteiger partial charge in [-0.1, -0.05) is 66.8 Å². The van der Waals surface area contributed by atoms with Crippen molar-refractivity contribution < 1.29 is 0 Å². The summed E-state index contributed by atoms with van der Waals surface area (Å²) < 4.78 is 0. The third-order valence-electron chi connectivity index (χ3n) is 7.38. The maximum atomic E-state index is 2.43. The minimum atomic E-state index is 0.353. The molecule has 2 aliphatic rings. The number of aryl methyl sites for hydroxylation is 4. The van der Waals surface area contributed by atoms with E-state index in [-0.39, 0.29) is 0 Å². The Kier molecular flexibility index (Phi) is 4.54. The molecule has 0 bridgehead atoms. The molecule has 1 unspecified atom stereocenters. The van der Waals surface area contributed by atoms with Gasteiger partial charge >= 0.3 is 0 Å². The van der Waals surface area contributed by atoms with E-state index < -0.39 is 0 Å². The normalized spacial score (nSPS) is 15.5. The Hall–Kier alpha value is -2.86. The average molecular weight is 391 g/mol. The Morgan fingerprint density at radius 3 is 2.13 bits per heavy atom. The Morgan fingerprint density at radius 1 is 0.733 bits per heavy atom. The van der Waals surface area contributed by atoms with Gasteiger partial charge in [-0.05, 0) is 102 Å². The van der Waals surface area contributed by atoms with Crippen LogP contribution in [0.4, 0.5) is 0 Å². The van der Waals surface area contributed by atoms with Gasteiger partial charge in [-0.15, -0.1) is 0 Å². The van der Waals surface area contributed by atoms with Gasteiger partial charge in [0.1, 0.15) is 0 Å². The standard InChI is InChI=1S/C30H30/c1-18-10-6-9-13-25(18)30(23-11-7-8-12-23)29-22(5)21(4)16-27-26-15-20(3)19(2)14-24(26)17-28(27)29/h6-16,23,30H,17H2,1-5H3. The van der Waals surface area contributed by atoms with Gasteiger partial charge in [0.15, 0.2) is 0 Å². The third kappa shape index (κ3) is 2.89. The predicted octanol–water partition coefficient (Wildman–Crippen LogP) is 7.67. The lowest BCUT2D eigenvalue weighted by Gasteiger charge is -2.29. The smallest absolute Gasteiger partial charge is 0.0195 e. The fourth-order valence-electron chi connectivity index (χ4n) is 5.47. The summed E-state index contributed by atoms with van der Waals surface area (Å²) in [5.41, 5.74) is 16.0. The predicted molar refractivity (Wildman–Crippen MR) is 128 cm³/mol. The van der Waals surface area contributed by atoms with Crippen LogP contribution < -0.4 is 0 Å². The van der Waals surface area contributed by atoms with E-state index >= 15 is 0 Å². The minimum absolute atomic E-state index is 0.353. The average Bonchev–Trinajstić information content (AvgIpc) is 3.36. The Bertz CT molecular complexity index is 1210. The molecular formula is C30H30. The highest BCUT2D eigenvalue weighted by Crippen LogP contribution is 2.48. The summed E-state index contributed by atoms with van der Waals surface area (Å²) in [6.45, 7) is 11.4. The van der Waals surface area contributed by atoms with E-state index in [2.05, 4.69) is 101 Å². The quantitative estimate of drug-likeness (QED) is 0.336. The number of hydrogen-bond acceptors (Lipinski definition) is 0. The van der Waals surface area contributed by atoms with Crippen molar-refractivity contribution in [3.63, 3.8) is 0 Å². The highest BCUT2D eigenvalue weighted by atomic mass is 14.4. The first-order chi connectivity index (χ1) is 14.5. The second kappa shape index (κ2) is 7.13. The second-order valence-corrected chi connectivity index (χ2v) is 9.21. The summed E-state index contributed by atoms with van der Waals surface area (Å²) in [5.74, 6) is 0.759. The zero-order valence-electron chi connectivity index (χ0n) is 18.7. The van der Waals surface area contributed by atoms with Crippen LogP contribution in [0.25, 0.3) is 11.1 Å². The molecule has 0 radical (unpaired) electrons. The minimum Gasteiger partial charge on any atom is -0.0767 e. The van der Waals surface area contributed by atoms with Gasteiger partial charge in [0.05, 0.1) is 0 Å². The molecule has 0 aliphatic heterocycles. The van der Waals surface area contributed by atoms with Crippen molar-refractivity contribution in [1.82, 2.24) is 0 Å². The van der Waals surface area contributed by atoms with E-state index in [9.17, 15) is 0 Å². The van der Waals surface area contributed by atoms with Gasteiger partial charge in [0.25, 0.3) is 0 Å². The number of fused-ring (bicyclic) bond motifs is 3. The van der Waals surface area contributed by atoms with E-state index in [1.165, 1.54) is 50.1 Å². The first-order valence-corrected chi connectivity index (χ1v) is 11.1. The molecule has 3 aromatic carbocycles. The summed E-state index contributed by atoms with van der Waals surface area (Å²) in [6, 6.07) is 16.2. The van der Waals surface area contributed by atoms with Crippen molar-refractivity contribution in [2.75, 3.05) is 0 Å². The van der Waals surface area contributed by atoms with Gasteiger partial charge in [-0.3, -0.25) is 0 Å². The van der Waals surface area contributed by atoms with Crippen LogP contribution >= 0.6 is 0 Å². The highest BCUT2D eigenvalue weighted by molar-refractivity contribution is 5.81. The van der Waals surface area contributed by atoms with Crippen molar-refractivity contribution in [2.45, 2.75) is 47.0 Å². The molecule has 0 saturated heterocycles. The SMILES string of the molecule is Cc1cc2c(cc1C)-c1cc(C)c(C)c(C(c3ccccc3C)C3C=CC=C3)c1C2. The summed E-state index contributed by atoms with van der Waals surface area (Å²) in [4.78, 5) is 0. The van der Waals surface area contributed by atoms with Crippen molar-refractivity contribution >= 4 is 0 Å². The molecule has 0 spiro atoms. The van der Waals surface area contributed by atoms with Crippen molar-refractivity contribution in [3.8, 4) is 11.1 Å². The summed E-state index contributed by atoms with van der Waals surface area (Å²) in [5, 5.41) is 0. The molecule has 2 aliphatic carbocycles. The van der Waals surface area contributed by atoms with Crippen LogP contribution in [-0.4, -0.2) is 0 Å². The van der Waals surface area contributed by atoms with Gasteiger partial charge in [-0.2, -0.15) is 0 Å². The van der Waals surface area contributed by atoms with Crippen LogP contribution in [0.1, 0.15) is 56.0 Å².